The number of hydrogen-bond acceptors (Lipinski definition) is 2. The van der Waals surface area contributed by atoms with E-state index in [1.807, 2.05) is 0 Å². The summed E-state index contributed by atoms with van der Waals surface area (Å²) in [6, 6.07) is 0.740. The van der Waals surface area contributed by atoms with Crippen LogP contribution in [0.1, 0.15) is 19.3 Å². The highest BCUT2D eigenvalue weighted by Gasteiger charge is 2.19. The van der Waals surface area contributed by atoms with E-state index in [4.69, 9.17) is 11.1 Å². The summed E-state index contributed by atoms with van der Waals surface area (Å²) in [5.74, 6) is 0.281. The van der Waals surface area contributed by atoms with E-state index in [0.717, 1.165) is 12.6 Å². The zero-order chi connectivity index (χ0) is 6.69. The SMILES string of the molecule is N=C(N)CCNC1CC1. The van der Waals surface area contributed by atoms with E-state index >= 15 is 0 Å². The van der Waals surface area contributed by atoms with Crippen molar-refractivity contribution in [1.82, 2.24) is 5.32 Å². The van der Waals surface area contributed by atoms with Gasteiger partial charge in [0, 0.05) is 19.0 Å². The van der Waals surface area contributed by atoms with Crippen molar-refractivity contribution in [3.63, 3.8) is 0 Å². The van der Waals surface area contributed by atoms with Crippen molar-refractivity contribution in [2.24, 2.45) is 5.73 Å². The van der Waals surface area contributed by atoms with E-state index in [1.54, 1.807) is 0 Å². The molecule has 0 heterocycles. The predicted molar refractivity (Wildman–Crippen MR) is 37.6 cm³/mol. The summed E-state index contributed by atoms with van der Waals surface area (Å²) < 4.78 is 0. The highest BCUT2D eigenvalue weighted by Crippen LogP contribution is 2.18. The van der Waals surface area contributed by atoms with Crippen LogP contribution in [0.3, 0.4) is 0 Å². The molecular weight excluding hydrogens is 114 g/mol. The summed E-state index contributed by atoms with van der Waals surface area (Å²) in [5, 5.41) is 10.2. The van der Waals surface area contributed by atoms with E-state index < -0.39 is 0 Å². The van der Waals surface area contributed by atoms with Crippen LogP contribution in [0.2, 0.25) is 0 Å². The van der Waals surface area contributed by atoms with Crippen LogP contribution in [-0.2, 0) is 0 Å². The fourth-order valence-electron chi connectivity index (χ4n) is 0.698. The van der Waals surface area contributed by atoms with Crippen molar-refractivity contribution in [3.8, 4) is 0 Å². The van der Waals surface area contributed by atoms with Gasteiger partial charge in [0.15, 0.2) is 0 Å². The fraction of sp³-hybridized carbons (Fsp3) is 0.833. The van der Waals surface area contributed by atoms with Gasteiger partial charge in [0.2, 0.25) is 0 Å². The predicted octanol–water partition coefficient (Wildman–Crippen LogP) is 0.0645. The maximum Gasteiger partial charge on any atom is 0.0918 e. The van der Waals surface area contributed by atoms with Gasteiger partial charge < -0.3 is 11.1 Å². The van der Waals surface area contributed by atoms with E-state index in [2.05, 4.69) is 5.32 Å². The summed E-state index contributed by atoms with van der Waals surface area (Å²) >= 11 is 0. The lowest BCUT2D eigenvalue weighted by molar-refractivity contribution is 0.697. The van der Waals surface area contributed by atoms with Crippen LogP contribution in [0.5, 0.6) is 0 Å². The van der Waals surface area contributed by atoms with Gasteiger partial charge in [-0.1, -0.05) is 0 Å². The number of nitrogens with one attached hydrogen (secondary N) is 2. The molecule has 0 aliphatic heterocycles. The van der Waals surface area contributed by atoms with Gasteiger partial charge in [0.1, 0.15) is 0 Å². The Morgan fingerprint density at radius 3 is 2.78 bits per heavy atom. The minimum atomic E-state index is 0.281. The normalized spacial score (nSPS) is 17.8. The Bertz CT molecular complexity index is 107. The molecule has 0 saturated heterocycles. The summed E-state index contributed by atoms with van der Waals surface area (Å²) in [4.78, 5) is 0. The highest BCUT2D eigenvalue weighted by atomic mass is 14.9. The first-order valence-corrected chi connectivity index (χ1v) is 3.35. The Morgan fingerprint density at radius 2 is 2.33 bits per heavy atom. The minimum Gasteiger partial charge on any atom is -0.388 e. The third-order valence-corrected chi connectivity index (χ3v) is 1.40. The maximum atomic E-state index is 6.90. The van der Waals surface area contributed by atoms with Gasteiger partial charge in [0.25, 0.3) is 0 Å². The Kier molecular flexibility index (Phi) is 2.05. The third kappa shape index (κ3) is 3.08. The largest absolute Gasteiger partial charge is 0.388 e. The van der Waals surface area contributed by atoms with Crippen LogP contribution in [0.25, 0.3) is 0 Å². The monoisotopic (exact) mass is 127 g/mol. The van der Waals surface area contributed by atoms with Crippen LogP contribution in [0, 0.1) is 5.41 Å². The second kappa shape index (κ2) is 2.82. The molecule has 0 spiro atoms. The topological polar surface area (TPSA) is 61.9 Å². The zero-order valence-corrected chi connectivity index (χ0v) is 5.48. The molecule has 52 valence electrons. The van der Waals surface area contributed by atoms with Crippen molar-refractivity contribution < 1.29 is 0 Å². The van der Waals surface area contributed by atoms with Crippen LogP contribution < -0.4 is 11.1 Å². The molecular formula is C6H13N3. The average molecular weight is 127 g/mol. The average Bonchev–Trinajstić information content (AvgIpc) is 2.48. The van der Waals surface area contributed by atoms with Crippen LogP contribution >= 0.6 is 0 Å². The molecule has 0 radical (unpaired) electrons. The van der Waals surface area contributed by atoms with Crippen molar-refractivity contribution in [2.45, 2.75) is 25.3 Å². The second-order valence-corrected chi connectivity index (χ2v) is 2.50. The van der Waals surface area contributed by atoms with Crippen molar-refractivity contribution in [1.29, 1.82) is 5.41 Å². The molecule has 0 aromatic carbocycles. The molecule has 1 saturated carbocycles. The number of nitrogens with two attached hydrogens (primary N) is 1. The van der Waals surface area contributed by atoms with Crippen LogP contribution in [-0.4, -0.2) is 18.4 Å². The van der Waals surface area contributed by atoms with Gasteiger partial charge in [-0.15, -0.1) is 0 Å². The van der Waals surface area contributed by atoms with Gasteiger partial charge in [-0.25, -0.2) is 0 Å². The molecule has 0 aromatic rings. The third-order valence-electron chi connectivity index (χ3n) is 1.40. The lowest BCUT2D eigenvalue weighted by Gasteiger charge is -1.98. The molecule has 1 aliphatic rings. The summed E-state index contributed by atoms with van der Waals surface area (Å²) in [5.41, 5.74) is 5.14. The molecule has 0 atom stereocenters. The molecule has 0 bridgehead atoms. The molecule has 3 heteroatoms. The summed E-state index contributed by atoms with van der Waals surface area (Å²) in [6.45, 7) is 0.875. The molecule has 1 aliphatic carbocycles. The summed E-state index contributed by atoms with van der Waals surface area (Å²) in [7, 11) is 0. The van der Waals surface area contributed by atoms with Gasteiger partial charge in [-0.2, -0.15) is 0 Å². The number of amidine groups is 1. The molecule has 0 unspecified atom stereocenters. The van der Waals surface area contributed by atoms with Crippen molar-refractivity contribution >= 4 is 5.84 Å². The van der Waals surface area contributed by atoms with E-state index in [0.29, 0.717) is 6.42 Å². The molecule has 0 amide bonds. The van der Waals surface area contributed by atoms with Crippen molar-refractivity contribution in [2.75, 3.05) is 6.54 Å². The maximum absolute atomic E-state index is 6.90. The van der Waals surface area contributed by atoms with Crippen molar-refractivity contribution in [3.05, 3.63) is 0 Å². The van der Waals surface area contributed by atoms with Crippen LogP contribution in [0.15, 0.2) is 0 Å². The highest BCUT2D eigenvalue weighted by molar-refractivity contribution is 5.76. The summed E-state index contributed by atoms with van der Waals surface area (Å²) in [6.07, 6.45) is 3.30. The lowest BCUT2D eigenvalue weighted by atomic mass is 10.4. The number of rotatable bonds is 4. The second-order valence-electron chi connectivity index (χ2n) is 2.50. The molecule has 0 aromatic heterocycles. The lowest BCUT2D eigenvalue weighted by Crippen LogP contribution is -2.22. The Labute approximate surface area is 55.1 Å². The molecule has 1 rings (SSSR count). The van der Waals surface area contributed by atoms with Gasteiger partial charge in [0.05, 0.1) is 5.84 Å². The van der Waals surface area contributed by atoms with Crippen LogP contribution in [0.4, 0.5) is 0 Å². The fourth-order valence-corrected chi connectivity index (χ4v) is 0.698. The zero-order valence-electron chi connectivity index (χ0n) is 5.48. The Hall–Kier alpha value is -0.570. The molecule has 4 N–H and O–H groups in total. The van der Waals surface area contributed by atoms with E-state index in [-0.39, 0.29) is 5.84 Å². The first-order chi connectivity index (χ1) is 4.29. The first-order valence-electron chi connectivity index (χ1n) is 3.35. The molecule has 9 heavy (non-hydrogen) atoms. The molecule has 3 nitrogen and oxygen atoms in total. The van der Waals surface area contributed by atoms with Gasteiger partial charge in [-0.05, 0) is 12.8 Å². The van der Waals surface area contributed by atoms with Gasteiger partial charge in [-0.3, -0.25) is 5.41 Å². The van der Waals surface area contributed by atoms with E-state index in [9.17, 15) is 0 Å². The first kappa shape index (κ1) is 6.55. The quantitative estimate of drug-likeness (QED) is 0.369. The molecule has 1 fully saturated rings. The smallest absolute Gasteiger partial charge is 0.0918 e. The standard InChI is InChI=1S/C6H13N3/c7-6(8)3-4-9-5-1-2-5/h5,9H,1-4H2,(H3,7,8). The Balaban J connectivity index is 1.86. The Morgan fingerprint density at radius 1 is 1.67 bits per heavy atom. The van der Waals surface area contributed by atoms with E-state index in [1.165, 1.54) is 12.8 Å². The van der Waals surface area contributed by atoms with Gasteiger partial charge >= 0.3 is 0 Å². The minimum absolute atomic E-state index is 0.281. The number of hydrogen-bond donors (Lipinski definition) is 3.